The van der Waals surface area contributed by atoms with E-state index in [0.717, 1.165) is 17.9 Å². The van der Waals surface area contributed by atoms with Crippen molar-refractivity contribution < 1.29 is 9.47 Å². The normalized spacial score (nSPS) is 18.7. The summed E-state index contributed by atoms with van der Waals surface area (Å²) >= 11 is 0. The maximum atomic E-state index is 5.89. The molecule has 0 saturated heterocycles. The van der Waals surface area contributed by atoms with Crippen LogP contribution in [0, 0.1) is 5.92 Å². The number of rotatable bonds is 4. The Morgan fingerprint density at radius 1 is 0.583 bits per heavy atom. The molecule has 3 aromatic rings. The van der Waals surface area contributed by atoms with Crippen LogP contribution in [-0.2, 0) is 22.7 Å². The molecule has 0 saturated carbocycles. The van der Waals surface area contributed by atoms with E-state index < -0.39 is 0 Å². The number of anilines is 3. The molecule has 0 radical (unpaired) electrons. The van der Waals surface area contributed by atoms with E-state index in [0.29, 0.717) is 5.92 Å². The standard InChI is InChI=1S/C33H39NO2/c1-18(2)11-19-12-22-28-23(13-19)32(5,6)25-15-21(36-10)17-27-30(25)34(28)29-24(31(22,3)4)14-20(35-9)16-26(29)33(27,7)8/h12-18H,11H2,1-10H3. The molecule has 3 aromatic carbocycles. The highest BCUT2D eigenvalue weighted by atomic mass is 16.5. The minimum Gasteiger partial charge on any atom is -0.497 e. The quantitative estimate of drug-likeness (QED) is 0.374. The highest BCUT2D eigenvalue weighted by molar-refractivity contribution is 5.98. The van der Waals surface area contributed by atoms with Gasteiger partial charge in [-0.25, -0.2) is 0 Å². The molecule has 0 amide bonds. The van der Waals surface area contributed by atoms with Crippen molar-refractivity contribution in [1.29, 1.82) is 0 Å². The Labute approximate surface area is 216 Å². The molecule has 188 valence electrons. The fourth-order valence-corrected chi connectivity index (χ4v) is 7.09. The lowest BCUT2D eigenvalue weighted by molar-refractivity contribution is 0.408. The molecule has 3 aliphatic rings. The third kappa shape index (κ3) is 2.75. The molecule has 0 atom stereocenters. The molecule has 0 unspecified atom stereocenters. The van der Waals surface area contributed by atoms with Gasteiger partial charge in [-0.05, 0) is 75.5 Å². The molecule has 3 aliphatic heterocycles. The van der Waals surface area contributed by atoms with Crippen molar-refractivity contribution >= 4 is 17.1 Å². The van der Waals surface area contributed by atoms with E-state index in [-0.39, 0.29) is 16.2 Å². The Hall–Kier alpha value is -2.94. The maximum absolute atomic E-state index is 5.89. The summed E-state index contributed by atoms with van der Waals surface area (Å²) in [5.41, 5.74) is 13.1. The van der Waals surface area contributed by atoms with Crippen LogP contribution in [0.25, 0.3) is 0 Å². The van der Waals surface area contributed by atoms with Crippen molar-refractivity contribution in [3.8, 4) is 11.5 Å². The van der Waals surface area contributed by atoms with Crippen LogP contribution in [0.15, 0.2) is 36.4 Å². The van der Waals surface area contributed by atoms with E-state index in [1.165, 1.54) is 56.0 Å². The van der Waals surface area contributed by atoms with E-state index in [1.54, 1.807) is 14.2 Å². The van der Waals surface area contributed by atoms with Gasteiger partial charge < -0.3 is 14.4 Å². The first-order chi connectivity index (χ1) is 16.8. The van der Waals surface area contributed by atoms with Gasteiger partial charge in [0.2, 0.25) is 0 Å². The first-order valence-corrected chi connectivity index (χ1v) is 13.3. The van der Waals surface area contributed by atoms with Crippen LogP contribution in [0.2, 0.25) is 0 Å². The molecule has 0 bridgehead atoms. The SMILES string of the molecule is COc1cc2c3c(c1)C(C)(C)c1cc(OC)cc4c1N3c1c(cc(CC(C)C)cc1C4(C)C)C2(C)C. The number of ether oxygens (including phenoxy) is 2. The Morgan fingerprint density at radius 2 is 0.889 bits per heavy atom. The largest absolute Gasteiger partial charge is 0.497 e. The maximum Gasteiger partial charge on any atom is 0.119 e. The highest BCUT2D eigenvalue weighted by Crippen LogP contribution is 2.67. The molecule has 0 fully saturated rings. The summed E-state index contributed by atoms with van der Waals surface area (Å²) < 4.78 is 11.8. The average molecular weight is 482 g/mol. The van der Waals surface area contributed by atoms with Crippen LogP contribution in [0.5, 0.6) is 11.5 Å². The number of methoxy groups -OCH3 is 2. The molecule has 0 N–H and O–H groups in total. The van der Waals surface area contributed by atoms with E-state index in [2.05, 4.69) is 96.7 Å². The van der Waals surface area contributed by atoms with Gasteiger partial charge in [0.25, 0.3) is 0 Å². The van der Waals surface area contributed by atoms with Crippen molar-refractivity contribution in [3.63, 3.8) is 0 Å². The predicted molar refractivity (Wildman–Crippen MR) is 149 cm³/mol. The lowest BCUT2D eigenvalue weighted by Gasteiger charge is -2.55. The minimum absolute atomic E-state index is 0.153. The van der Waals surface area contributed by atoms with Gasteiger partial charge in [-0.15, -0.1) is 0 Å². The van der Waals surface area contributed by atoms with Gasteiger partial charge in [-0.2, -0.15) is 0 Å². The monoisotopic (exact) mass is 481 g/mol. The molecule has 3 heteroatoms. The summed E-state index contributed by atoms with van der Waals surface area (Å²) in [5.74, 6) is 2.45. The second kappa shape index (κ2) is 7.09. The number of hydrogen-bond acceptors (Lipinski definition) is 3. The Bertz CT molecular complexity index is 1340. The predicted octanol–water partition coefficient (Wildman–Crippen LogP) is 8.29. The second-order valence-corrected chi connectivity index (χ2v) is 13.0. The van der Waals surface area contributed by atoms with Crippen LogP contribution >= 0.6 is 0 Å². The van der Waals surface area contributed by atoms with E-state index in [1.807, 2.05) is 0 Å². The van der Waals surface area contributed by atoms with Crippen molar-refractivity contribution in [2.24, 2.45) is 5.92 Å². The Balaban J connectivity index is 1.83. The van der Waals surface area contributed by atoms with E-state index in [9.17, 15) is 0 Å². The smallest absolute Gasteiger partial charge is 0.119 e. The molecule has 36 heavy (non-hydrogen) atoms. The van der Waals surface area contributed by atoms with Crippen LogP contribution in [0.4, 0.5) is 17.1 Å². The fourth-order valence-electron chi connectivity index (χ4n) is 7.09. The zero-order valence-corrected chi connectivity index (χ0v) is 23.5. The molecular weight excluding hydrogens is 442 g/mol. The summed E-state index contributed by atoms with van der Waals surface area (Å²) in [6, 6.07) is 14.1. The molecule has 6 rings (SSSR count). The van der Waals surface area contributed by atoms with Crippen molar-refractivity contribution in [1.82, 2.24) is 0 Å². The average Bonchev–Trinajstić information content (AvgIpc) is 2.81. The lowest BCUT2D eigenvalue weighted by atomic mass is 9.60. The summed E-state index contributed by atoms with van der Waals surface area (Å²) in [6.45, 7) is 18.9. The summed E-state index contributed by atoms with van der Waals surface area (Å²) in [5, 5.41) is 0. The first kappa shape index (κ1) is 23.5. The summed E-state index contributed by atoms with van der Waals surface area (Å²) in [6.07, 6.45) is 1.08. The topological polar surface area (TPSA) is 21.7 Å². The second-order valence-electron chi connectivity index (χ2n) is 13.0. The molecule has 0 aromatic heterocycles. The van der Waals surface area contributed by atoms with Crippen LogP contribution in [0.3, 0.4) is 0 Å². The first-order valence-electron chi connectivity index (χ1n) is 13.3. The minimum atomic E-state index is -0.202. The molecule has 0 spiro atoms. The molecular formula is C33H39NO2. The molecule has 3 heterocycles. The van der Waals surface area contributed by atoms with Gasteiger partial charge in [0.05, 0.1) is 31.3 Å². The molecule has 0 aliphatic carbocycles. The van der Waals surface area contributed by atoms with Crippen LogP contribution < -0.4 is 14.4 Å². The lowest BCUT2D eigenvalue weighted by Crippen LogP contribution is -2.43. The highest BCUT2D eigenvalue weighted by Gasteiger charge is 2.52. The Kier molecular flexibility index (Phi) is 4.62. The molecule has 3 nitrogen and oxygen atoms in total. The van der Waals surface area contributed by atoms with Gasteiger partial charge in [-0.1, -0.05) is 67.5 Å². The number of hydrogen-bond donors (Lipinski definition) is 0. The number of benzene rings is 3. The summed E-state index contributed by atoms with van der Waals surface area (Å²) in [7, 11) is 3.57. The van der Waals surface area contributed by atoms with Gasteiger partial charge in [-0.3, -0.25) is 0 Å². The third-order valence-electron chi connectivity index (χ3n) is 9.16. The van der Waals surface area contributed by atoms with Crippen molar-refractivity contribution in [2.45, 2.75) is 78.1 Å². The zero-order chi connectivity index (χ0) is 25.9. The van der Waals surface area contributed by atoms with E-state index in [4.69, 9.17) is 9.47 Å². The van der Waals surface area contributed by atoms with Crippen LogP contribution in [0.1, 0.15) is 94.3 Å². The van der Waals surface area contributed by atoms with Gasteiger partial charge in [0, 0.05) is 16.2 Å². The number of nitrogens with zero attached hydrogens (tertiary/aromatic N) is 1. The van der Waals surface area contributed by atoms with Crippen molar-refractivity contribution in [2.75, 3.05) is 19.1 Å². The fraction of sp³-hybridized carbons (Fsp3) is 0.455. The van der Waals surface area contributed by atoms with Gasteiger partial charge >= 0.3 is 0 Å². The Morgan fingerprint density at radius 3 is 1.17 bits per heavy atom. The third-order valence-corrected chi connectivity index (χ3v) is 9.16. The zero-order valence-electron chi connectivity index (χ0n) is 23.5. The summed E-state index contributed by atoms with van der Waals surface area (Å²) in [4.78, 5) is 2.60. The van der Waals surface area contributed by atoms with Crippen LogP contribution in [-0.4, -0.2) is 14.2 Å². The van der Waals surface area contributed by atoms with E-state index >= 15 is 0 Å². The van der Waals surface area contributed by atoms with Gasteiger partial charge in [0.1, 0.15) is 11.5 Å². The van der Waals surface area contributed by atoms with Crippen molar-refractivity contribution in [3.05, 3.63) is 75.3 Å². The van der Waals surface area contributed by atoms with Gasteiger partial charge in [0.15, 0.2) is 0 Å².